The van der Waals surface area contributed by atoms with Crippen LogP contribution >= 0.6 is 0 Å². The first-order valence-corrected chi connectivity index (χ1v) is 15.2. The number of amides is 2. The van der Waals surface area contributed by atoms with E-state index in [1.165, 1.54) is 4.90 Å². The number of benzene rings is 2. The zero-order chi connectivity index (χ0) is 32.7. The fraction of sp³-hybridized carbons (Fsp3) is 0.353. The Hall–Kier alpha value is -5.10. The summed E-state index contributed by atoms with van der Waals surface area (Å²) in [5.74, 6) is -1.27. The lowest BCUT2D eigenvalue weighted by Crippen LogP contribution is -2.49. The summed E-state index contributed by atoms with van der Waals surface area (Å²) in [5.41, 5.74) is 5.20. The lowest BCUT2D eigenvalue weighted by molar-refractivity contribution is -0.150. The molecule has 0 spiro atoms. The number of carbonyl (C=O) groups is 5. The Balaban J connectivity index is 1.30. The summed E-state index contributed by atoms with van der Waals surface area (Å²) in [6.45, 7) is 1.89. The number of nitrogens with two attached hydrogens (primary N) is 1. The summed E-state index contributed by atoms with van der Waals surface area (Å²) >= 11 is 0. The average molecular weight is 628 g/mol. The Bertz CT molecular complexity index is 1620. The van der Waals surface area contributed by atoms with Crippen molar-refractivity contribution < 1.29 is 33.4 Å². The van der Waals surface area contributed by atoms with Gasteiger partial charge in [0.05, 0.1) is 24.4 Å². The van der Waals surface area contributed by atoms with E-state index in [1.807, 2.05) is 24.3 Å². The van der Waals surface area contributed by atoms with E-state index in [0.717, 1.165) is 24.0 Å². The number of nitrogens with zero attached hydrogens (tertiary/aromatic N) is 2. The monoisotopic (exact) mass is 627 g/mol. The van der Waals surface area contributed by atoms with Crippen molar-refractivity contribution in [3.05, 3.63) is 83.6 Å². The minimum absolute atomic E-state index is 0.0170. The van der Waals surface area contributed by atoms with Crippen LogP contribution in [0.2, 0.25) is 0 Å². The lowest BCUT2D eigenvalue weighted by atomic mass is 9.81. The highest BCUT2D eigenvalue weighted by Gasteiger charge is 2.75. The van der Waals surface area contributed by atoms with Crippen molar-refractivity contribution >= 4 is 41.9 Å². The number of hydrogen-bond acceptors (Lipinski definition) is 10. The summed E-state index contributed by atoms with van der Waals surface area (Å²) in [7, 11) is 0. The molecule has 2 amide bonds. The summed E-state index contributed by atoms with van der Waals surface area (Å²) in [6.07, 6.45) is 4.70. The molecule has 4 N–H and O–H groups in total. The molecule has 1 fully saturated rings. The molecule has 12 heteroatoms. The smallest absolute Gasteiger partial charge is 0.329 e. The van der Waals surface area contributed by atoms with Gasteiger partial charge in [0.2, 0.25) is 5.91 Å². The molecule has 1 aromatic heterocycles. The molecule has 3 atom stereocenters. The van der Waals surface area contributed by atoms with Crippen molar-refractivity contribution in [3.63, 3.8) is 0 Å². The molecule has 0 radical (unpaired) electrons. The molecule has 2 aliphatic rings. The third kappa shape index (κ3) is 6.47. The van der Waals surface area contributed by atoms with Crippen LogP contribution in [0.1, 0.15) is 47.7 Å². The number of rotatable bonds is 15. The van der Waals surface area contributed by atoms with E-state index < -0.39 is 23.0 Å². The highest BCUT2D eigenvalue weighted by Crippen LogP contribution is 2.47. The number of aldehydes is 2. The minimum atomic E-state index is -1.54. The van der Waals surface area contributed by atoms with Gasteiger partial charge in [0.15, 0.2) is 11.6 Å². The molecular formula is C34H37N5O7. The van der Waals surface area contributed by atoms with E-state index in [4.69, 9.17) is 15.2 Å². The second-order valence-electron chi connectivity index (χ2n) is 11.6. The predicted octanol–water partition coefficient (Wildman–Crippen LogP) is 2.39. The van der Waals surface area contributed by atoms with Gasteiger partial charge in [-0.15, -0.1) is 0 Å². The number of carbonyl (C=O) groups excluding carboxylic acids is 5. The van der Waals surface area contributed by atoms with Crippen LogP contribution in [-0.2, 0) is 36.9 Å². The number of nitrogens with one attached hydrogen (secondary N) is 2. The van der Waals surface area contributed by atoms with Gasteiger partial charge in [-0.25, -0.2) is 9.78 Å². The number of pyridine rings is 1. The zero-order valence-electron chi connectivity index (χ0n) is 25.6. The predicted molar refractivity (Wildman–Crippen MR) is 169 cm³/mol. The molecule has 3 aromatic rings. The maximum Gasteiger partial charge on any atom is 0.329 e. The third-order valence-corrected chi connectivity index (χ3v) is 8.61. The molecule has 240 valence electrons. The number of ether oxygens (including phenoxy) is 2. The number of aromatic nitrogens is 1. The van der Waals surface area contributed by atoms with Gasteiger partial charge in [-0.3, -0.25) is 14.9 Å². The molecular weight excluding hydrogens is 590 g/mol. The number of esters is 1. The average Bonchev–Trinajstić information content (AvgIpc) is 3.77. The number of anilines is 2. The third-order valence-electron chi connectivity index (χ3n) is 8.61. The zero-order valence-corrected chi connectivity index (χ0v) is 25.6. The highest BCUT2D eigenvalue weighted by atomic mass is 16.5. The molecule has 2 aliphatic heterocycles. The van der Waals surface area contributed by atoms with E-state index in [0.29, 0.717) is 48.4 Å². The Labute approximate surface area is 266 Å². The van der Waals surface area contributed by atoms with Crippen LogP contribution < -0.4 is 26.0 Å². The number of fused-ring (bicyclic) bond motifs is 1. The van der Waals surface area contributed by atoms with Gasteiger partial charge < -0.3 is 35.0 Å². The second kappa shape index (κ2) is 13.9. The normalized spacial score (nSPS) is 20.9. The van der Waals surface area contributed by atoms with E-state index >= 15 is 0 Å². The van der Waals surface area contributed by atoms with Crippen LogP contribution in [0, 0.1) is 5.92 Å². The van der Waals surface area contributed by atoms with Gasteiger partial charge >= 0.3 is 5.97 Å². The summed E-state index contributed by atoms with van der Waals surface area (Å²) in [4.78, 5) is 69.4. The van der Waals surface area contributed by atoms with Crippen molar-refractivity contribution in [2.24, 2.45) is 5.92 Å². The summed E-state index contributed by atoms with van der Waals surface area (Å²) in [6, 6.07) is 18.0. The standard InChI is InChI=1S/C34H37N5O7/c1-23(34(33(22-41,38-34)14-16-40)32(44)46-21-25-9-3-2-4-10-25)20-39-27-13-12-24(18-26(27)31(43)37-19-29(39)42)8-5-6-17-45-28-11-7-15-36-30(28)35/h2-4,7,9-13,15-16,18,22-23,38H,5-6,8,14,17,19-21H2,1H3,(H2,35,36)(H,37,43)/t23?,33?,34-/m0/s1. The van der Waals surface area contributed by atoms with Gasteiger partial charge in [-0.05, 0) is 54.7 Å². The van der Waals surface area contributed by atoms with Crippen LogP contribution in [0.5, 0.6) is 5.75 Å². The van der Waals surface area contributed by atoms with Crippen LogP contribution in [0.3, 0.4) is 0 Å². The van der Waals surface area contributed by atoms with Crippen LogP contribution in [0.25, 0.3) is 0 Å². The summed E-state index contributed by atoms with van der Waals surface area (Å²) < 4.78 is 11.4. The van der Waals surface area contributed by atoms with Crippen molar-refractivity contribution in [2.45, 2.75) is 50.3 Å². The van der Waals surface area contributed by atoms with Crippen molar-refractivity contribution in [1.82, 2.24) is 15.6 Å². The van der Waals surface area contributed by atoms with Gasteiger partial charge in [0, 0.05) is 25.1 Å². The number of nitrogen functional groups attached to an aromatic ring is 1. The first-order valence-electron chi connectivity index (χ1n) is 15.2. The molecule has 1 saturated heterocycles. The molecule has 2 aromatic carbocycles. The Morgan fingerprint density at radius 2 is 1.89 bits per heavy atom. The quantitative estimate of drug-likeness (QED) is 0.0980. The number of hydrogen-bond donors (Lipinski definition) is 3. The molecule has 2 unspecified atom stereocenters. The van der Waals surface area contributed by atoms with Crippen molar-refractivity contribution in [2.75, 3.05) is 30.3 Å². The van der Waals surface area contributed by atoms with E-state index in [1.54, 1.807) is 49.5 Å². The molecule has 5 rings (SSSR count). The van der Waals surface area contributed by atoms with Gasteiger partial charge in [0.1, 0.15) is 30.3 Å². The Morgan fingerprint density at radius 1 is 1.09 bits per heavy atom. The van der Waals surface area contributed by atoms with E-state index in [2.05, 4.69) is 15.6 Å². The molecule has 3 heterocycles. The Kier molecular flexibility index (Phi) is 9.76. The van der Waals surface area contributed by atoms with Crippen molar-refractivity contribution in [3.8, 4) is 5.75 Å². The molecule has 46 heavy (non-hydrogen) atoms. The van der Waals surface area contributed by atoms with Crippen molar-refractivity contribution in [1.29, 1.82) is 0 Å². The maximum atomic E-state index is 13.6. The van der Waals surface area contributed by atoms with E-state index in [9.17, 15) is 24.0 Å². The SMILES string of the molecule is CC(CN1C(=O)CNC(=O)c2cc(CCCCOc3cccnc3N)ccc21)[C@@]1(C(=O)OCc2ccccc2)NC1(C=O)CC=O. The fourth-order valence-corrected chi connectivity index (χ4v) is 6.05. The molecule has 12 nitrogen and oxygen atoms in total. The fourth-order valence-electron chi connectivity index (χ4n) is 6.05. The largest absolute Gasteiger partial charge is 0.490 e. The topological polar surface area (TPSA) is 180 Å². The number of unbranched alkanes of at least 4 members (excludes halogenated alkanes) is 1. The highest BCUT2D eigenvalue weighted by molar-refractivity contribution is 6.10. The molecule has 0 saturated carbocycles. The molecule has 0 aliphatic carbocycles. The molecule has 0 bridgehead atoms. The van der Waals surface area contributed by atoms with Crippen LogP contribution in [-0.4, -0.2) is 66.1 Å². The van der Waals surface area contributed by atoms with Gasteiger partial charge in [-0.1, -0.05) is 43.3 Å². The maximum absolute atomic E-state index is 13.6. The second-order valence-corrected chi connectivity index (χ2v) is 11.6. The van der Waals surface area contributed by atoms with Gasteiger partial charge in [-0.2, -0.15) is 0 Å². The van der Waals surface area contributed by atoms with Gasteiger partial charge in [0.25, 0.3) is 5.91 Å². The number of aryl methyl sites for hydroxylation is 1. The van der Waals surface area contributed by atoms with Crippen LogP contribution in [0.15, 0.2) is 66.9 Å². The first-order chi connectivity index (χ1) is 22.2. The summed E-state index contributed by atoms with van der Waals surface area (Å²) in [5, 5.41) is 5.64. The lowest BCUT2D eigenvalue weighted by Gasteiger charge is -2.30. The minimum Gasteiger partial charge on any atom is -0.490 e. The van der Waals surface area contributed by atoms with E-state index in [-0.39, 0.29) is 37.9 Å². The first kappa shape index (κ1) is 32.3. The Morgan fingerprint density at radius 3 is 2.63 bits per heavy atom. The van der Waals surface area contributed by atoms with Crippen LogP contribution in [0.4, 0.5) is 11.5 Å².